The van der Waals surface area contributed by atoms with E-state index in [1.54, 1.807) is 0 Å². The van der Waals surface area contributed by atoms with Crippen molar-refractivity contribution in [3.8, 4) is 0 Å². The van der Waals surface area contributed by atoms with Crippen LogP contribution in [0.5, 0.6) is 0 Å². The average molecular weight is 267 g/mol. The first-order valence-corrected chi connectivity index (χ1v) is 7.93. The Kier molecular flexibility index (Phi) is 5.15. The number of hydrogen-bond acceptors (Lipinski definition) is 4. The molecule has 2 rings (SSSR count). The maximum atomic E-state index is 4.53. The first-order valence-electron chi connectivity index (χ1n) is 7.12. The van der Waals surface area contributed by atoms with Gasteiger partial charge in [-0.15, -0.1) is 11.3 Å². The Morgan fingerprint density at radius 3 is 3.06 bits per heavy atom. The average Bonchev–Trinajstić information content (AvgIpc) is 2.86. The number of aryl methyl sites for hydroxylation is 1. The van der Waals surface area contributed by atoms with Crippen molar-refractivity contribution in [3.05, 3.63) is 16.1 Å². The third-order valence-electron chi connectivity index (χ3n) is 3.93. The van der Waals surface area contributed by atoms with Gasteiger partial charge in [-0.2, -0.15) is 0 Å². The number of nitrogens with one attached hydrogen (secondary N) is 1. The summed E-state index contributed by atoms with van der Waals surface area (Å²) in [5.41, 5.74) is 0. The molecule has 1 aromatic rings. The van der Waals surface area contributed by atoms with Crippen LogP contribution in [-0.2, 0) is 13.0 Å². The van der Waals surface area contributed by atoms with E-state index in [0.29, 0.717) is 6.04 Å². The molecule has 0 aromatic carbocycles. The number of nitrogens with zero attached hydrogens (tertiary/aromatic N) is 2. The highest BCUT2D eigenvalue weighted by atomic mass is 32.1. The maximum Gasteiger partial charge on any atom is 0.107 e. The van der Waals surface area contributed by atoms with E-state index in [2.05, 4.69) is 36.0 Å². The van der Waals surface area contributed by atoms with E-state index in [4.69, 9.17) is 0 Å². The van der Waals surface area contributed by atoms with Crippen LogP contribution in [0, 0.1) is 5.92 Å². The van der Waals surface area contributed by atoms with E-state index in [9.17, 15) is 0 Å². The molecule has 1 saturated heterocycles. The summed E-state index contributed by atoms with van der Waals surface area (Å²) in [5.74, 6) is 0.760. The first kappa shape index (κ1) is 14.0. The monoisotopic (exact) mass is 267 g/mol. The standard InChI is InChI=1S/C14H25N3S/c1-4-11(3)13-9-17(7-6-15-13)10-14-16-8-12(5-2)18-14/h8,11,13,15H,4-7,9-10H2,1-3H3. The molecular formula is C14H25N3S. The van der Waals surface area contributed by atoms with E-state index >= 15 is 0 Å². The second kappa shape index (κ2) is 6.64. The zero-order chi connectivity index (χ0) is 13.0. The highest BCUT2D eigenvalue weighted by Crippen LogP contribution is 2.18. The molecule has 4 heteroatoms. The van der Waals surface area contributed by atoms with Gasteiger partial charge in [-0.25, -0.2) is 4.98 Å². The molecule has 1 aliphatic rings. The molecule has 1 fully saturated rings. The summed E-state index contributed by atoms with van der Waals surface area (Å²) in [4.78, 5) is 8.48. The number of piperazine rings is 1. The lowest BCUT2D eigenvalue weighted by molar-refractivity contribution is 0.162. The molecule has 2 heterocycles. The summed E-state index contributed by atoms with van der Waals surface area (Å²) in [7, 11) is 0. The SMILES string of the molecule is CCc1cnc(CN2CCNC(C(C)CC)C2)s1. The van der Waals surface area contributed by atoms with Crippen molar-refractivity contribution in [1.82, 2.24) is 15.2 Å². The molecule has 3 nitrogen and oxygen atoms in total. The summed E-state index contributed by atoms with van der Waals surface area (Å²) in [6.45, 7) is 11.3. The molecule has 0 bridgehead atoms. The zero-order valence-electron chi connectivity index (χ0n) is 11.8. The van der Waals surface area contributed by atoms with Crippen LogP contribution in [0.25, 0.3) is 0 Å². The molecule has 0 spiro atoms. The minimum atomic E-state index is 0.648. The smallest absolute Gasteiger partial charge is 0.107 e. The molecule has 1 aromatic heterocycles. The van der Waals surface area contributed by atoms with Gasteiger partial charge in [0.2, 0.25) is 0 Å². The minimum absolute atomic E-state index is 0.648. The topological polar surface area (TPSA) is 28.2 Å². The van der Waals surface area contributed by atoms with E-state index in [1.807, 2.05) is 17.5 Å². The van der Waals surface area contributed by atoms with Gasteiger partial charge in [0.25, 0.3) is 0 Å². The Balaban J connectivity index is 1.89. The number of hydrogen-bond donors (Lipinski definition) is 1. The lowest BCUT2D eigenvalue weighted by atomic mass is 9.97. The van der Waals surface area contributed by atoms with Crippen molar-refractivity contribution in [2.45, 2.75) is 46.2 Å². The lowest BCUT2D eigenvalue weighted by Gasteiger charge is -2.36. The van der Waals surface area contributed by atoms with Gasteiger partial charge in [0.15, 0.2) is 0 Å². The third kappa shape index (κ3) is 3.53. The molecule has 0 radical (unpaired) electrons. The minimum Gasteiger partial charge on any atom is -0.311 e. The molecule has 0 saturated carbocycles. The van der Waals surface area contributed by atoms with Crippen LogP contribution in [0.15, 0.2) is 6.20 Å². The van der Waals surface area contributed by atoms with Gasteiger partial charge < -0.3 is 5.32 Å². The van der Waals surface area contributed by atoms with Gasteiger partial charge in [0.05, 0.1) is 6.54 Å². The van der Waals surface area contributed by atoms with Gasteiger partial charge in [-0.3, -0.25) is 4.90 Å². The summed E-state index contributed by atoms with van der Waals surface area (Å²) < 4.78 is 0. The van der Waals surface area contributed by atoms with Crippen molar-refractivity contribution in [1.29, 1.82) is 0 Å². The van der Waals surface area contributed by atoms with Crippen LogP contribution >= 0.6 is 11.3 Å². The van der Waals surface area contributed by atoms with Crippen molar-refractivity contribution in [2.24, 2.45) is 5.92 Å². The highest BCUT2D eigenvalue weighted by Gasteiger charge is 2.23. The fourth-order valence-electron chi connectivity index (χ4n) is 2.43. The van der Waals surface area contributed by atoms with Gasteiger partial charge in [-0.05, 0) is 12.3 Å². The van der Waals surface area contributed by atoms with Crippen LogP contribution in [0.1, 0.15) is 37.1 Å². The van der Waals surface area contributed by atoms with Crippen molar-refractivity contribution in [3.63, 3.8) is 0 Å². The second-order valence-corrected chi connectivity index (χ2v) is 6.45. The van der Waals surface area contributed by atoms with E-state index in [1.165, 1.54) is 16.3 Å². The van der Waals surface area contributed by atoms with Gasteiger partial charge in [0.1, 0.15) is 5.01 Å². The lowest BCUT2D eigenvalue weighted by Crippen LogP contribution is -2.52. The van der Waals surface area contributed by atoms with Crippen LogP contribution in [-0.4, -0.2) is 35.6 Å². The summed E-state index contributed by atoms with van der Waals surface area (Å²) in [5, 5.41) is 4.92. The first-order chi connectivity index (χ1) is 8.72. The Bertz CT molecular complexity index is 364. The van der Waals surface area contributed by atoms with Crippen molar-refractivity contribution < 1.29 is 0 Å². The third-order valence-corrected chi connectivity index (χ3v) is 5.06. The summed E-state index contributed by atoms with van der Waals surface area (Å²) in [6.07, 6.45) is 4.39. The highest BCUT2D eigenvalue weighted by molar-refractivity contribution is 7.11. The van der Waals surface area contributed by atoms with Gasteiger partial charge in [0, 0.05) is 36.8 Å². The predicted molar refractivity (Wildman–Crippen MR) is 78.0 cm³/mol. The molecule has 1 aliphatic heterocycles. The quantitative estimate of drug-likeness (QED) is 0.888. The number of aromatic nitrogens is 1. The van der Waals surface area contributed by atoms with Crippen LogP contribution in [0.3, 0.4) is 0 Å². The van der Waals surface area contributed by atoms with Crippen LogP contribution < -0.4 is 5.32 Å². The van der Waals surface area contributed by atoms with Crippen molar-refractivity contribution >= 4 is 11.3 Å². The van der Waals surface area contributed by atoms with Gasteiger partial charge in [-0.1, -0.05) is 27.2 Å². The van der Waals surface area contributed by atoms with E-state index < -0.39 is 0 Å². The molecular weight excluding hydrogens is 242 g/mol. The maximum absolute atomic E-state index is 4.53. The largest absolute Gasteiger partial charge is 0.311 e. The molecule has 2 atom stereocenters. The molecule has 1 N–H and O–H groups in total. The molecule has 18 heavy (non-hydrogen) atoms. The van der Waals surface area contributed by atoms with Crippen LogP contribution in [0.2, 0.25) is 0 Å². The predicted octanol–water partition coefficient (Wildman–Crippen LogP) is 2.53. The summed E-state index contributed by atoms with van der Waals surface area (Å²) in [6, 6.07) is 0.648. The molecule has 0 aliphatic carbocycles. The Morgan fingerprint density at radius 1 is 1.56 bits per heavy atom. The van der Waals surface area contributed by atoms with E-state index in [0.717, 1.165) is 38.5 Å². The number of rotatable bonds is 5. The fraction of sp³-hybridized carbons (Fsp3) is 0.786. The Morgan fingerprint density at radius 2 is 2.39 bits per heavy atom. The van der Waals surface area contributed by atoms with Crippen molar-refractivity contribution in [2.75, 3.05) is 19.6 Å². The number of thiazole rings is 1. The summed E-state index contributed by atoms with van der Waals surface area (Å²) >= 11 is 1.87. The van der Waals surface area contributed by atoms with E-state index in [-0.39, 0.29) is 0 Å². The second-order valence-electron chi connectivity index (χ2n) is 5.26. The Hall–Kier alpha value is -0.450. The zero-order valence-corrected chi connectivity index (χ0v) is 12.6. The molecule has 2 unspecified atom stereocenters. The molecule has 102 valence electrons. The Labute approximate surface area is 115 Å². The normalized spacial score (nSPS) is 23.2. The fourth-order valence-corrected chi connectivity index (χ4v) is 3.33. The van der Waals surface area contributed by atoms with Gasteiger partial charge >= 0.3 is 0 Å². The molecule has 0 amide bonds. The van der Waals surface area contributed by atoms with Crippen LogP contribution in [0.4, 0.5) is 0 Å².